The number of nitrogens with zero attached hydrogens (tertiary/aromatic N) is 4. The number of nitriles is 1. The Morgan fingerprint density at radius 1 is 1.27 bits per heavy atom. The van der Waals surface area contributed by atoms with E-state index >= 15 is 0 Å². The Hall–Kier alpha value is -3.37. The van der Waals surface area contributed by atoms with Crippen LogP contribution in [0.25, 0.3) is 5.52 Å². The van der Waals surface area contributed by atoms with Crippen molar-refractivity contribution in [2.75, 3.05) is 18.9 Å². The van der Waals surface area contributed by atoms with Gasteiger partial charge < -0.3 is 34.5 Å². The van der Waals surface area contributed by atoms with Crippen molar-refractivity contribution in [3.8, 4) is 11.8 Å². The van der Waals surface area contributed by atoms with Crippen molar-refractivity contribution in [2.24, 2.45) is 5.92 Å². The summed E-state index contributed by atoms with van der Waals surface area (Å²) in [7, 11) is -1.95. The highest BCUT2D eigenvalue weighted by Crippen LogP contribution is 2.43. The van der Waals surface area contributed by atoms with E-state index in [0.717, 1.165) is 12.8 Å². The first-order chi connectivity index (χ1) is 19.7. The van der Waals surface area contributed by atoms with Crippen LogP contribution in [0.5, 0.6) is 5.75 Å². The largest absolute Gasteiger partial charge is 0.464 e. The summed E-state index contributed by atoms with van der Waals surface area (Å²) in [6.07, 6.45) is -1.24. The van der Waals surface area contributed by atoms with Gasteiger partial charge >= 0.3 is 14.5 Å². The van der Waals surface area contributed by atoms with Gasteiger partial charge in [-0.25, -0.2) is 14.6 Å². The van der Waals surface area contributed by atoms with Gasteiger partial charge in [0.25, 0.3) is 0 Å². The Morgan fingerprint density at radius 2 is 2.00 bits per heavy atom. The first kappa shape index (κ1) is 30.6. The molecular weight excluding hydrogens is 551 g/mol. The fourth-order valence-electron chi connectivity index (χ4n) is 4.42. The molecule has 4 rings (SSSR count). The van der Waals surface area contributed by atoms with Crippen LogP contribution in [0.4, 0.5) is 5.82 Å². The van der Waals surface area contributed by atoms with E-state index in [-0.39, 0.29) is 24.0 Å². The van der Waals surface area contributed by atoms with Crippen LogP contribution in [-0.4, -0.2) is 68.3 Å². The van der Waals surface area contributed by atoms with Crippen LogP contribution in [0, 0.1) is 17.2 Å². The van der Waals surface area contributed by atoms with Crippen molar-refractivity contribution >= 4 is 25.8 Å². The smallest absolute Gasteiger partial charge is 0.323 e. The van der Waals surface area contributed by atoms with Gasteiger partial charge in [-0.15, -0.1) is 0 Å². The number of nitrogen functional groups attached to an aromatic ring is 1. The fourth-order valence-corrected chi connectivity index (χ4v) is 5.62. The van der Waals surface area contributed by atoms with Crippen LogP contribution in [0.3, 0.4) is 0 Å². The minimum atomic E-state index is -1.97. The topological polar surface area (TPSA) is 186 Å². The highest BCUT2D eigenvalue weighted by atomic mass is 31.2. The van der Waals surface area contributed by atoms with E-state index in [0.29, 0.717) is 17.9 Å². The number of nitrogens with one attached hydrogen (secondary N) is 1. The number of carbonyl (C=O) groups is 1. The number of aliphatic hydroxyl groups excluding tert-OH is 2. The van der Waals surface area contributed by atoms with E-state index in [1.165, 1.54) is 16.9 Å². The third kappa shape index (κ3) is 6.59. The Labute approximate surface area is 239 Å². The van der Waals surface area contributed by atoms with Crippen molar-refractivity contribution in [2.45, 2.75) is 63.6 Å². The lowest BCUT2D eigenvalue weighted by Gasteiger charge is -2.25. The predicted molar refractivity (Wildman–Crippen MR) is 149 cm³/mol. The number of rotatable bonds is 13. The SMILES string of the molecule is CCC(CC)COC(=O)C(C)NP(OC[C@H]1OC(C#N)(c2ccc3c(N)ncnn23)C(O)C1O)Oc1ccccc1. The second-order valence-electron chi connectivity index (χ2n) is 9.72. The molecule has 1 aliphatic rings. The molecule has 14 heteroatoms. The molecule has 0 spiro atoms. The van der Waals surface area contributed by atoms with Gasteiger partial charge in [0.2, 0.25) is 5.60 Å². The average molecular weight is 587 g/mol. The molecule has 0 aliphatic carbocycles. The molecule has 3 heterocycles. The van der Waals surface area contributed by atoms with E-state index in [2.05, 4.69) is 15.2 Å². The van der Waals surface area contributed by atoms with E-state index in [1.54, 1.807) is 37.3 Å². The van der Waals surface area contributed by atoms with Crippen LogP contribution in [0.1, 0.15) is 39.3 Å². The zero-order valence-electron chi connectivity index (χ0n) is 23.1. The molecule has 0 saturated carbocycles. The summed E-state index contributed by atoms with van der Waals surface area (Å²) in [5.74, 6) is 0.481. The molecule has 1 fully saturated rings. The van der Waals surface area contributed by atoms with Crippen molar-refractivity contribution in [3.05, 3.63) is 54.5 Å². The minimum absolute atomic E-state index is 0.174. The lowest BCUT2D eigenvalue weighted by molar-refractivity contribution is -0.146. The lowest BCUT2D eigenvalue weighted by Crippen LogP contribution is -2.41. The Balaban J connectivity index is 1.48. The maximum absolute atomic E-state index is 12.7. The molecule has 3 aromatic rings. The first-order valence-corrected chi connectivity index (χ1v) is 14.5. The van der Waals surface area contributed by atoms with E-state index < -0.39 is 44.5 Å². The molecule has 13 nitrogen and oxygen atoms in total. The number of hydrogen-bond donors (Lipinski definition) is 4. The maximum atomic E-state index is 12.7. The molecule has 2 aromatic heterocycles. The van der Waals surface area contributed by atoms with Gasteiger partial charge in [0.1, 0.15) is 48.0 Å². The number of carbonyl (C=O) groups excluding carboxylic acids is 1. The van der Waals surface area contributed by atoms with Crippen LogP contribution in [0.15, 0.2) is 48.8 Å². The zero-order chi connectivity index (χ0) is 29.6. The monoisotopic (exact) mass is 586 g/mol. The Morgan fingerprint density at radius 3 is 2.68 bits per heavy atom. The van der Waals surface area contributed by atoms with Gasteiger partial charge in [-0.2, -0.15) is 10.4 Å². The molecule has 1 saturated heterocycles. The number of esters is 1. The third-order valence-corrected chi connectivity index (χ3v) is 8.40. The summed E-state index contributed by atoms with van der Waals surface area (Å²) in [6, 6.07) is 13.2. The minimum Gasteiger partial charge on any atom is -0.464 e. The number of nitrogens with two attached hydrogens (primary N) is 1. The fraction of sp³-hybridized carbons (Fsp3) is 0.481. The van der Waals surface area contributed by atoms with Gasteiger partial charge in [-0.05, 0) is 37.1 Å². The second-order valence-corrected chi connectivity index (χ2v) is 10.9. The summed E-state index contributed by atoms with van der Waals surface area (Å²) in [5.41, 5.74) is 4.53. The number of hydrogen-bond acceptors (Lipinski definition) is 12. The standard InChI is InChI=1S/C27H35N6O7P/c1-4-18(5-2)13-37-26(36)17(3)32-41(40-19-9-7-6-8-10-19)38-14-21-23(34)24(35)27(15-28,39-21)22-12-11-20-25(29)30-16-31-33(20)22/h6-12,16-18,21,23-24,32,34-35H,4-5,13-14H2,1-3H3,(H2,29,30,31)/t17?,21-,23?,24?,27?,41?/m1/s1. The molecule has 1 aromatic carbocycles. The van der Waals surface area contributed by atoms with Crippen LogP contribution in [0.2, 0.25) is 0 Å². The summed E-state index contributed by atoms with van der Waals surface area (Å²) in [5, 5.41) is 39.2. The van der Waals surface area contributed by atoms with Crippen LogP contribution >= 0.6 is 8.53 Å². The van der Waals surface area contributed by atoms with E-state index in [9.17, 15) is 20.3 Å². The molecule has 5 unspecified atom stereocenters. The normalized spacial score (nSPS) is 23.8. The van der Waals surface area contributed by atoms with E-state index in [4.69, 9.17) is 24.3 Å². The van der Waals surface area contributed by atoms with Crippen molar-refractivity contribution in [3.63, 3.8) is 0 Å². The lowest BCUT2D eigenvalue weighted by atomic mass is 9.92. The summed E-state index contributed by atoms with van der Waals surface area (Å²) in [4.78, 5) is 16.6. The van der Waals surface area contributed by atoms with Crippen molar-refractivity contribution < 1.29 is 33.5 Å². The van der Waals surface area contributed by atoms with Gasteiger partial charge in [0, 0.05) is 0 Å². The summed E-state index contributed by atoms with van der Waals surface area (Å²) < 4.78 is 24.7. The molecular formula is C27H35N6O7P. The molecule has 41 heavy (non-hydrogen) atoms. The van der Waals surface area contributed by atoms with Crippen molar-refractivity contribution in [1.82, 2.24) is 19.7 Å². The molecule has 5 N–H and O–H groups in total. The quantitative estimate of drug-likeness (QED) is 0.170. The van der Waals surface area contributed by atoms with Crippen LogP contribution in [-0.2, 0) is 24.4 Å². The Kier molecular flexibility index (Phi) is 10.1. The van der Waals surface area contributed by atoms with Gasteiger partial charge in [0.05, 0.1) is 18.9 Å². The first-order valence-electron chi connectivity index (χ1n) is 13.4. The molecule has 1 aliphatic heterocycles. The van der Waals surface area contributed by atoms with Gasteiger partial charge in [0.15, 0.2) is 5.82 Å². The predicted octanol–water partition coefficient (Wildman–Crippen LogP) is 2.43. The highest BCUT2D eigenvalue weighted by molar-refractivity contribution is 7.45. The molecule has 0 bridgehead atoms. The number of aliphatic hydroxyl groups is 2. The average Bonchev–Trinajstić information content (AvgIpc) is 3.53. The molecule has 220 valence electrons. The van der Waals surface area contributed by atoms with Gasteiger partial charge in [-0.1, -0.05) is 44.9 Å². The maximum Gasteiger partial charge on any atom is 0.323 e. The van der Waals surface area contributed by atoms with Crippen LogP contribution < -0.4 is 15.3 Å². The third-order valence-electron chi connectivity index (χ3n) is 7.04. The van der Waals surface area contributed by atoms with E-state index in [1.807, 2.05) is 26.0 Å². The second kappa shape index (κ2) is 13.5. The number of anilines is 1. The number of benzene rings is 1. The number of aromatic nitrogens is 3. The van der Waals surface area contributed by atoms with Crippen molar-refractivity contribution in [1.29, 1.82) is 5.26 Å². The zero-order valence-corrected chi connectivity index (χ0v) is 24.0. The highest BCUT2D eigenvalue weighted by Gasteiger charge is 2.57. The Bertz CT molecular complexity index is 1350. The summed E-state index contributed by atoms with van der Waals surface area (Å²) >= 11 is 0. The summed E-state index contributed by atoms with van der Waals surface area (Å²) in [6.45, 7) is 5.77. The number of para-hydroxylation sites is 1. The number of fused-ring (bicyclic) bond motifs is 1. The molecule has 0 amide bonds. The number of ether oxygens (including phenoxy) is 2. The molecule has 0 radical (unpaired) electrons. The molecule has 6 atom stereocenters. The van der Waals surface area contributed by atoms with Gasteiger partial charge in [-0.3, -0.25) is 4.79 Å².